The largest absolute Gasteiger partial charge is 0.457 e. The minimum Gasteiger partial charge on any atom is -0.457 e. The SMILES string of the molecule is CC(C)(/C=C(\C#N)C(=O)N1CCC[C@@H](n2nc(-c3ccc(Oc4ccccc4)cc3F)c3c(N)ncnc32)C1)NCc1ncc[nH]1. The number of H-pyrrole nitrogens is 1. The van der Waals surface area contributed by atoms with Crippen LogP contribution in [0, 0.1) is 17.1 Å². The predicted molar refractivity (Wildman–Crippen MR) is 170 cm³/mol. The maximum atomic E-state index is 15.6. The first-order valence-electron chi connectivity index (χ1n) is 14.9. The highest BCUT2D eigenvalue weighted by Crippen LogP contribution is 2.36. The number of nitriles is 1. The van der Waals surface area contributed by atoms with Crippen LogP contribution in [0.5, 0.6) is 11.5 Å². The number of nitrogens with zero attached hydrogens (tertiary/aromatic N) is 7. The third kappa shape index (κ3) is 6.43. The van der Waals surface area contributed by atoms with Crippen LogP contribution in [0.1, 0.15) is 38.6 Å². The van der Waals surface area contributed by atoms with Crippen LogP contribution in [0.15, 0.2) is 78.9 Å². The number of rotatable bonds is 9. The number of likely N-dealkylation sites (tertiary alicyclic amines) is 1. The fraction of sp³-hybridized carbons (Fsp3) is 0.273. The van der Waals surface area contributed by atoms with Crippen molar-refractivity contribution in [2.45, 2.75) is 44.8 Å². The Morgan fingerprint density at radius 3 is 2.78 bits per heavy atom. The first kappa shape index (κ1) is 30.4. The molecule has 13 heteroatoms. The van der Waals surface area contributed by atoms with Gasteiger partial charge >= 0.3 is 0 Å². The molecule has 1 fully saturated rings. The zero-order chi connectivity index (χ0) is 32.3. The molecule has 1 amide bonds. The van der Waals surface area contributed by atoms with Crippen molar-refractivity contribution in [1.82, 2.24) is 39.9 Å². The number of fused-ring (bicyclic) bond motifs is 1. The van der Waals surface area contributed by atoms with Gasteiger partial charge in [-0.3, -0.25) is 4.79 Å². The number of nitrogen functional groups attached to an aromatic ring is 1. The van der Waals surface area contributed by atoms with E-state index in [1.807, 2.05) is 32.0 Å². The topological polar surface area (TPSA) is 164 Å². The molecule has 1 aliphatic heterocycles. The van der Waals surface area contributed by atoms with E-state index in [-0.39, 0.29) is 35.4 Å². The second kappa shape index (κ2) is 12.8. The van der Waals surface area contributed by atoms with Gasteiger partial charge in [0.05, 0.1) is 18.0 Å². The van der Waals surface area contributed by atoms with E-state index in [1.165, 1.54) is 12.4 Å². The Bertz CT molecular complexity index is 1930. The molecule has 12 nitrogen and oxygen atoms in total. The van der Waals surface area contributed by atoms with Crippen LogP contribution in [0.25, 0.3) is 22.3 Å². The van der Waals surface area contributed by atoms with Gasteiger partial charge in [-0.2, -0.15) is 10.4 Å². The van der Waals surface area contributed by atoms with Gasteiger partial charge in [-0.1, -0.05) is 18.2 Å². The number of piperidine rings is 1. The molecule has 234 valence electrons. The van der Waals surface area contributed by atoms with Gasteiger partial charge in [0, 0.05) is 42.7 Å². The number of imidazole rings is 1. The number of para-hydroxylation sites is 1. The lowest BCUT2D eigenvalue weighted by atomic mass is 9.99. The summed E-state index contributed by atoms with van der Waals surface area (Å²) in [5.41, 5.74) is 6.62. The van der Waals surface area contributed by atoms with Gasteiger partial charge in [-0.05, 0) is 57.0 Å². The summed E-state index contributed by atoms with van der Waals surface area (Å²) in [7, 11) is 0. The van der Waals surface area contributed by atoms with E-state index in [0.717, 1.165) is 5.82 Å². The van der Waals surface area contributed by atoms with Crippen molar-refractivity contribution in [3.05, 3.63) is 90.5 Å². The second-order valence-corrected chi connectivity index (χ2v) is 11.6. The van der Waals surface area contributed by atoms with E-state index in [2.05, 4.69) is 31.3 Å². The van der Waals surface area contributed by atoms with Crippen LogP contribution in [0.4, 0.5) is 10.2 Å². The van der Waals surface area contributed by atoms with Crippen molar-refractivity contribution >= 4 is 22.8 Å². The van der Waals surface area contributed by atoms with Crippen molar-refractivity contribution in [3.63, 3.8) is 0 Å². The fourth-order valence-corrected chi connectivity index (χ4v) is 5.58. The lowest BCUT2D eigenvalue weighted by molar-refractivity contribution is -0.128. The Balaban J connectivity index is 1.26. The summed E-state index contributed by atoms with van der Waals surface area (Å²) in [6.07, 6.45) is 7.75. The quantitative estimate of drug-likeness (QED) is 0.153. The van der Waals surface area contributed by atoms with Gasteiger partial charge < -0.3 is 25.7 Å². The van der Waals surface area contributed by atoms with Crippen LogP contribution >= 0.6 is 0 Å². The first-order chi connectivity index (χ1) is 22.2. The normalized spacial score (nSPS) is 15.6. The van der Waals surface area contributed by atoms with Gasteiger partial charge in [0.15, 0.2) is 5.65 Å². The Morgan fingerprint density at radius 1 is 1.22 bits per heavy atom. The van der Waals surface area contributed by atoms with Crippen molar-refractivity contribution < 1.29 is 13.9 Å². The molecule has 1 atom stereocenters. The number of anilines is 1. The number of carbonyl (C=O) groups excluding carboxylic acids is 1. The molecule has 0 radical (unpaired) electrons. The molecule has 46 heavy (non-hydrogen) atoms. The summed E-state index contributed by atoms with van der Waals surface area (Å²) in [4.78, 5) is 31.1. The van der Waals surface area contributed by atoms with Crippen LogP contribution in [0.3, 0.4) is 0 Å². The van der Waals surface area contributed by atoms with Crippen LogP contribution in [-0.2, 0) is 11.3 Å². The smallest absolute Gasteiger partial charge is 0.264 e. The molecule has 3 aromatic heterocycles. The molecule has 1 aliphatic rings. The number of aromatic nitrogens is 6. The Kier molecular flexibility index (Phi) is 8.45. The number of carbonyl (C=O) groups is 1. The van der Waals surface area contributed by atoms with Crippen LogP contribution < -0.4 is 15.8 Å². The van der Waals surface area contributed by atoms with Gasteiger partial charge in [0.25, 0.3) is 5.91 Å². The highest BCUT2D eigenvalue weighted by Gasteiger charge is 2.31. The third-order valence-electron chi connectivity index (χ3n) is 7.84. The number of aromatic amines is 1. The Morgan fingerprint density at radius 2 is 2.04 bits per heavy atom. The highest BCUT2D eigenvalue weighted by molar-refractivity contribution is 5.99. The molecule has 4 heterocycles. The van der Waals surface area contributed by atoms with Crippen LogP contribution in [-0.4, -0.2) is 59.2 Å². The van der Waals surface area contributed by atoms with Gasteiger partial charge in [-0.15, -0.1) is 0 Å². The standard InChI is InChI=1S/C33H33FN10O2/c1-33(2,41-18-27-37-12-13-38-27)16-21(17-35)32(45)43-14-6-7-22(19-43)44-31-28(30(36)39-20-40-31)29(42-44)25-11-10-24(15-26(25)34)46-23-8-4-3-5-9-23/h3-5,8-13,15-16,20,22,41H,6-7,14,18-19H2,1-2H3,(H,37,38)(H2,36,39,40)/b21-16+/t22-/m1/s1. The molecule has 5 aromatic rings. The summed E-state index contributed by atoms with van der Waals surface area (Å²) in [6.45, 7) is 4.99. The second-order valence-electron chi connectivity index (χ2n) is 11.6. The van der Waals surface area contributed by atoms with Crippen LogP contribution in [0.2, 0.25) is 0 Å². The van der Waals surface area contributed by atoms with Crippen molar-refractivity contribution in [3.8, 4) is 28.8 Å². The monoisotopic (exact) mass is 620 g/mol. The van der Waals surface area contributed by atoms with Crippen molar-refractivity contribution in [2.24, 2.45) is 0 Å². The lowest BCUT2D eigenvalue weighted by Crippen LogP contribution is -2.43. The van der Waals surface area contributed by atoms with E-state index in [4.69, 9.17) is 15.6 Å². The molecular formula is C33H33FN10O2. The maximum Gasteiger partial charge on any atom is 0.264 e. The predicted octanol–water partition coefficient (Wildman–Crippen LogP) is 4.91. The minimum atomic E-state index is -0.657. The summed E-state index contributed by atoms with van der Waals surface area (Å²) in [5, 5.41) is 18.5. The average molecular weight is 621 g/mol. The van der Waals surface area contributed by atoms with Crippen molar-refractivity contribution in [1.29, 1.82) is 5.26 Å². The average Bonchev–Trinajstić information content (AvgIpc) is 3.72. The van der Waals surface area contributed by atoms with Gasteiger partial charge in [0.2, 0.25) is 0 Å². The summed E-state index contributed by atoms with van der Waals surface area (Å²) in [6, 6.07) is 15.5. The van der Waals surface area contributed by atoms with Gasteiger partial charge in [-0.25, -0.2) is 24.0 Å². The van der Waals surface area contributed by atoms with E-state index in [1.54, 1.807) is 52.3 Å². The molecule has 6 rings (SSSR count). The zero-order valence-corrected chi connectivity index (χ0v) is 25.4. The number of benzene rings is 2. The van der Waals surface area contributed by atoms with E-state index < -0.39 is 11.4 Å². The van der Waals surface area contributed by atoms with Gasteiger partial charge in [0.1, 0.15) is 52.6 Å². The number of hydrogen-bond acceptors (Lipinski definition) is 9. The highest BCUT2D eigenvalue weighted by atomic mass is 19.1. The number of halogens is 1. The summed E-state index contributed by atoms with van der Waals surface area (Å²) >= 11 is 0. The first-order valence-corrected chi connectivity index (χ1v) is 14.9. The number of ether oxygens (including phenoxy) is 1. The maximum absolute atomic E-state index is 15.6. The van der Waals surface area contributed by atoms with Crippen molar-refractivity contribution in [2.75, 3.05) is 18.8 Å². The number of hydrogen-bond donors (Lipinski definition) is 3. The zero-order valence-electron chi connectivity index (χ0n) is 25.4. The number of amides is 1. The number of nitrogens with two attached hydrogens (primary N) is 1. The molecule has 2 aromatic carbocycles. The van der Waals surface area contributed by atoms with E-state index in [0.29, 0.717) is 54.2 Å². The number of nitrogens with one attached hydrogen (secondary N) is 2. The molecule has 0 spiro atoms. The fourth-order valence-electron chi connectivity index (χ4n) is 5.58. The van der Waals surface area contributed by atoms with E-state index >= 15 is 4.39 Å². The van der Waals surface area contributed by atoms with E-state index in [9.17, 15) is 10.1 Å². The summed E-state index contributed by atoms with van der Waals surface area (Å²) in [5.74, 6) is 0.917. The lowest BCUT2D eigenvalue weighted by Gasteiger charge is -2.33. The third-order valence-corrected chi connectivity index (χ3v) is 7.84. The summed E-state index contributed by atoms with van der Waals surface area (Å²) < 4.78 is 23.1. The molecule has 0 aliphatic carbocycles. The molecular weight excluding hydrogens is 587 g/mol. The Hall–Kier alpha value is -5.61. The molecule has 4 N–H and O–H groups in total. The minimum absolute atomic E-state index is 0.0371. The molecule has 0 unspecified atom stereocenters. The molecule has 0 saturated carbocycles. The molecule has 1 saturated heterocycles. The molecule has 0 bridgehead atoms. The Labute approximate surface area is 264 Å².